The fourth-order valence-corrected chi connectivity index (χ4v) is 6.39. The van der Waals surface area contributed by atoms with E-state index in [0.29, 0.717) is 31.9 Å². The molecule has 0 aromatic heterocycles. The number of benzene rings is 4. The maximum atomic E-state index is 13.4. The van der Waals surface area contributed by atoms with Gasteiger partial charge in [0, 0.05) is 37.9 Å². The molecule has 4 aromatic rings. The summed E-state index contributed by atoms with van der Waals surface area (Å²) in [5.74, 6) is -0.648. The van der Waals surface area contributed by atoms with Crippen LogP contribution in [-0.2, 0) is 10.0 Å². The molecule has 204 valence electrons. The van der Waals surface area contributed by atoms with Crippen molar-refractivity contribution in [3.63, 3.8) is 0 Å². The molecule has 0 spiro atoms. The molecule has 5 rings (SSSR count). The van der Waals surface area contributed by atoms with Crippen LogP contribution in [0.25, 0.3) is 0 Å². The monoisotopic (exact) mass is 556 g/mol. The standard InChI is InChI=1S/C30H28N4O5S/c35-30(27-13-7-8-14-28(27)34(36)37)31-25-15-17-26(18-16-25)40(38,39)33-21-19-32(20-22-33)29(23-9-3-1-4-10-23)24-11-5-2-6-12-24/h1-18,29H,19-22H2,(H,31,35). The molecule has 1 heterocycles. The van der Waals surface area contributed by atoms with E-state index in [1.54, 1.807) is 6.07 Å². The Labute approximate surface area is 232 Å². The fourth-order valence-electron chi connectivity index (χ4n) is 4.97. The number of nitrogens with zero attached hydrogens (tertiary/aromatic N) is 3. The number of carbonyl (C=O) groups is 1. The Balaban J connectivity index is 1.27. The third-order valence-electron chi connectivity index (χ3n) is 6.96. The Hall–Kier alpha value is -4.38. The number of amides is 1. The van der Waals surface area contributed by atoms with Crippen LogP contribution in [0, 0.1) is 10.1 Å². The Bertz CT molecular complexity index is 1550. The summed E-state index contributed by atoms with van der Waals surface area (Å²) in [7, 11) is -3.75. The van der Waals surface area contributed by atoms with Crippen molar-refractivity contribution in [2.75, 3.05) is 31.5 Å². The van der Waals surface area contributed by atoms with Gasteiger partial charge < -0.3 is 5.32 Å². The van der Waals surface area contributed by atoms with Gasteiger partial charge >= 0.3 is 0 Å². The number of piperazine rings is 1. The fraction of sp³-hybridized carbons (Fsp3) is 0.167. The lowest BCUT2D eigenvalue weighted by Crippen LogP contribution is -2.49. The van der Waals surface area contributed by atoms with Crippen molar-refractivity contribution in [1.29, 1.82) is 0 Å². The van der Waals surface area contributed by atoms with Gasteiger partial charge in [0.25, 0.3) is 11.6 Å². The Kier molecular flexibility index (Phi) is 8.01. The van der Waals surface area contributed by atoms with E-state index in [2.05, 4.69) is 34.5 Å². The number of rotatable bonds is 8. The summed E-state index contributed by atoms with van der Waals surface area (Å²) in [5.41, 5.74) is 2.26. The van der Waals surface area contributed by atoms with Crippen molar-refractivity contribution < 1.29 is 18.1 Å². The average Bonchev–Trinajstić information content (AvgIpc) is 2.99. The molecule has 0 atom stereocenters. The molecule has 0 saturated carbocycles. The lowest BCUT2D eigenvalue weighted by molar-refractivity contribution is -0.385. The van der Waals surface area contributed by atoms with Gasteiger partial charge in [-0.25, -0.2) is 8.42 Å². The number of hydrogen-bond donors (Lipinski definition) is 1. The van der Waals surface area contributed by atoms with Crippen molar-refractivity contribution in [2.24, 2.45) is 0 Å². The molecule has 40 heavy (non-hydrogen) atoms. The van der Waals surface area contributed by atoms with E-state index in [9.17, 15) is 23.3 Å². The summed E-state index contributed by atoms with van der Waals surface area (Å²) in [6.45, 7) is 1.82. The lowest BCUT2D eigenvalue weighted by Gasteiger charge is -2.39. The molecule has 0 aliphatic carbocycles. The predicted octanol–water partition coefficient (Wildman–Crippen LogP) is 4.94. The topological polar surface area (TPSA) is 113 Å². The molecule has 1 aliphatic rings. The first-order valence-electron chi connectivity index (χ1n) is 12.8. The van der Waals surface area contributed by atoms with Gasteiger partial charge in [0.15, 0.2) is 0 Å². The second kappa shape index (κ2) is 11.8. The number of nitrogens with one attached hydrogen (secondary N) is 1. The maximum absolute atomic E-state index is 13.4. The zero-order valence-electron chi connectivity index (χ0n) is 21.6. The van der Waals surface area contributed by atoms with Crippen LogP contribution in [0.15, 0.2) is 114 Å². The number of carbonyl (C=O) groups excluding carboxylic acids is 1. The Morgan fingerprint density at radius 1 is 0.750 bits per heavy atom. The molecule has 1 fully saturated rings. The van der Waals surface area contributed by atoms with E-state index in [1.807, 2.05) is 36.4 Å². The summed E-state index contributed by atoms with van der Waals surface area (Å²) in [4.78, 5) is 25.7. The van der Waals surface area contributed by atoms with Crippen molar-refractivity contribution in [3.05, 3.63) is 136 Å². The first-order valence-corrected chi connectivity index (χ1v) is 14.3. The van der Waals surface area contributed by atoms with E-state index in [0.717, 1.165) is 11.1 Å². The highest BCUT2D eigenvalue weighted by Crippen LogP contribution is 2.30. The van der Waals surface area contributed by atoms with E-state index in [4.69, 9.17) is 0 Å². The molecule has 1 amide bonds. The second-order valence-corrected chi connectivity index (χ2v) is 11.4. The van der Waals surface area contributed by atoms with Gasteiger partial charge in [-0.15, -0.1) is 0 Å². The quantitative estimate of drug-likeness (QED) is 0.243. The van der Waals surface area contributed by atoms with Crippen LogP contribution in [0.1, 0.15) is 27.5 Å². The van der Waals surface area contributed by atoms with Crippen molar-refractivity contribution in [1.82, 2.24) is 9.21 Å². The third kappa shape index (κ3) is 5.79. The van der Waals surface area contributed by atoms with Crippen molar-refractivity contribution in [3.8, 4) is 0 Å². The molecule has 0 unspecified atom stereocenters. The Morgan fingerprint density at radius 3 is 1.82 bits per heavy atom. The molecule has 1 saturated heterocycles. The first-order chi connectivity index (χ1) is 19.3. The minimum absolute atomic E-state index is 0.0237. The maximum Gasteiger partial charge on any atom is 0.282 e. The highest BCUT2D eigenvalue weighted by Gasteiger charge is 2.32. The summed E-state index contributed by atoms with van der Waals surface area (Å²) in [6.07, 6.45) is 0. The average molecular weight is 557 g/mol. The van der Waals surface area contributed by atoms with E-state index in [-0.39, 0.29) is 22.2 Å². The first kappa shape index (κ1) is 27.2. The smallest absolute Gasteiger partial charge is 0.282 e. The van der Waals surface area contributed by atoms with Gasteiger partial charge in [-0.05, 0) is 41.5 Å². The number of sulfonamides is 1. The summed E-state index contributed by atoms with van der Waals surface area (Å²) in [6, 6.07) is 31.9. The Morgan fingerprint density at radius 2 is 1.27 bits per heavy atom. The SMILES string of the molecule is O=C(Nc1ccc(S(=O)(=O)N2CCN(C(c3ccccc3)c3ccccc3)CC2)cc1)c1ccccc1[N+](=O)[O-]. The van der Waals surface area contributed by atoms with E-state index < -0.39 is 20.9 Å². The van der Waals surface area contributed by atoms with Gasteiger partial charge in [0.1, 0.15) is 5.56 Å². The number of nitro groups is 1. The van der Waals surface area contributed by atoms with Gasteiger partial charge in [-0.2, -0.15) is 4.31 Å². The molecule has 1 aliphatic heterocycles. The van der Waals surface area contributed by atoms with E-state index in [1.165, 1.54) is 46.8 Å². The number of nitro benzene ring substituents is 1. The molecule has 10 heteroatoms. The molecule has 9 nitrogen and oxygen atoms in total. The summed E-state index contributed by atoms with van der Waals surface area (Å²) >= 11 is 0. The van der Waals surface area contributed by atoms with Crippen LogP contribution in [-0.4, -0.2) is 54.6 Å². The zero-order chi connectivity index (χ0) is 28.1. The summed E-state index contributed by atoms with van der Waals surface area (Å²) in [5, 5.41) is 13.8. The largest absolute Gasteiger partial charge is 0.322 e. The highest BCUT2D eigenvalue weighted by molar-refractivity contribution is 7.89. The number of para-hydroxylation sites is 1. The van der Waals surface area contributed by atoms with Crippen LogP contribution in [0.5, 0.6) is 0 Å². The summed E-state index contributed by atoms with van der Waals surface area (Å²) < 4.78 is 28.3. The van der Waals surface area contributed by atoms with Gasteiger partial charge in [-0.3, -0.25) is 19.8 Å². The predicted molar refractivity (Wildman–Crippen MR) is 153 cm³/mol. The molecule has 4 aromatic carbocycles. The minimum Gasteiger partial charge on any atom is -0.322 e. The van der Waals surface area contributed by atoms with Crippen LogP contribution in [0.3, 0.4) is 0 Å². The van der Waals surface area contributed by atoms with Gasteiger partial charge in [0.05, 0.1) is 15.9 Å². The highest BCUT2D eigenvalue weighted by atomic mass is 32.2. The third-order valence-corrected chi connectivity index (χ3v) is 8.88. The molecular formula is C30H28N4O5S. The number of anilines is 1. The van der Waals surface area contributed by atoms with Gasteiger partial charge in [-0.1, -0.05) is 72.8 Å². The zero-order valence-corrected chi connectivity index (χ0v) is 22.4. The molecule has 0 radical (unpaired) electrons. The van der Waals surface area contributed by atoms with Crippen molar-refractivity contribution in [2.45, 2.75) is 10.9 Å². The molecule has 1 N–H and O–H groups in total. The lowest BCUT2D eigenvalue weighted by atomic mass is 9.96. The van der Waals surface area contributed by atoms with Gasteiger partial charge in [0.2, 0.25) is 10.0 Å². The van der Waals surface area contributed by atoms with Crippen molar-refractivity contribution >= 4 is 27.3 Å². The minimum atomic E-state index is -3.75. The normalized spacial score (nSPS) is 14.6. The van der Waals surface area contributed by atoms with Crippen LogP contribution in [0.4, 0.5) is 11.4 Å². The second-order valence-electron chi connectivity index (χ2n) is 9.42. The molecule has 0 bridgehead atoms. The van der Waals surface area contributed by atoms with Crippen LogP contribution < -0.4 is 5.32 Å². The van der Waals surface area contributed by atoms with E-state index >= 15 is 0 Å². The molecular weight excluding hydrogens is 528 g/mol. The van der Waals surface area contributed by atoms with Crippen LogP contribution >= 0.6 is 0 Å². The van der Waals surface area contributed by atoms with Crippen LogP contribution in [0.2, 0.25) is 0 Å². The number of hydrogen-bond acceptors (Lipinski definition) is 6.